The molecule has 0 saturated carbocycles. The predicted octanol–water partition coefficient (Wildman–Crippen LogP) is 2.60. The first kappa shape index (κ1) is 16.7. The van der Waals surface area contributed by atoms with Gasteiger partial charge in [0.2, 0.25) is 0 Å². The van der Waals surface area contributed by atoms with E-state index in [4.69, 9.17) is 4.74 Å². The Balaban J connectivity index is 2.13. The Labute approximate surface area is 123 Å². The van der Waals surface area contributed by atoms with E-state index in [0.29, 0.717) is 0 Å². The Bertz CT molecular complexity index is 468. The lowest BCUT2D eigenvalue weighted by atomic mass is 10.2. The highest BCUT2D eigenvalue weighted by Crippen LogP contribution is 2.05. The summed E-state index contributed by atoms with van der Waals surface area (Å²) in [6.07, 6.45) is -0.718. The Kier molecular flexibility index (Phi) is 7.56. The number of carbonyl (C=O) groups is 3. The van der Waals surface area contributed by atoms with Crippen molar-refractivity contribution < 1.29 is 28.6 Å². The molecule has 0 spiro atoms. The highest BCUT2D eigenvalue weighted by Gasteiger charge is 2.12. The fraction of sp³-hybridized carbons (Fsp3) is 0.400. The normalized spacial score (nSPS) is 9.76. The van der Waals surface area contributed by atoms with E-state index < -0.39 is 18.1 Å². The largest absolute Gasteiger partial charge is 0.516 e. The van der Waals surface area contributed by atoms with Crippen LogP contribution in [0.5, 0.6) is 0 Å². The molecule has 0 aliphatic rings. The molecule has 1 aromatic rings. The molecule has 0 amide bonds. The summed E-state index contributed by atoms with van der Waals surface area (Å²) < 4.78 is 13.9. The number of hydrogen-bond donors (Lipinski definition) is 0. The van der Waals surface area contributed by atoms with E-state index in [9.17, 15) is 14.4 Å². The third-order valence-electron chi connectivity index (χ3n) is 2.46. The van der Waals surface area contributed by atoms with Crippen molar-refractivity contribution in [1.82, 2.24) is 0 Å². The van der Waals surface area contributed by atoms with Gasteiger partial charge in [0, 0.05) is 12.8 Å². The van der Waals surface area contributed by atoms with Crippen molar-refractivity contribution in [3.63, 3.8) is 0 Å². The van der Waals surface area contributed by atoms with E-state index in [-0.39, 0.29) is 32.5 Å². The topological polar surface area (TPSA) is 78.9 Å². The Hall–Kier alpha value is -2.37. The summed E-state index contributed by atoms with van der Waals surface area (Å²) in [6, 6.07) is 9.29. The van der Waals surface area contributed by atoms with E-state index in [1.54, 1.807) is 6.92 Å². The number of hydrogen-bond acceptors (Lipinski definition) is 6. The lowest BCUT2D eigenvalue weighted by Gasteiger charge is -2.05. The third kappa shape index (κ3) is 7.71. The number of ether oxygens (including phenoxy) is 3. The van der Waals surface area contributed by atoms with Gasteiger partial charge in [0.25, 0.3) is 0 Å². The molecule has 0 bridgehead atoms. The summed E-state index contributed by atoms with van der Waals surface area (Å²) >= 11 is 0. The van der Waals surface area contributed by atoms with Gasteiger partial charge in [0.15, 0.2) is 0 Å². The second-order valence-electron chi connectivity index (χ2n) is 4.16. The lowest BCUT2D eigenvalue weighted by molar-refractivity contribution is -0.145. The van der Waals surface area contributed by atoms with Gasteiger partial charge in [-0.05, 0) is 18.9 Å². The third-order valence-corrected chi connectivity index (χ3v) is 2.46. The van der Waals surface area contributed by atoms with Gasteiger partial charge in [-0.25, -0.2) is 4.79 Å². The second-order valence-corrected chi connectivity index (χ2v) is 4.16. The van der Waals surface area contributed by atoms with Crippen molar-refractivity contribution in [2.45, 2.75) is 32.8 Å². The van der Waals surface area contributed by atoms with E-state index in [2.05, 4.69) is 9.47 Å². The van der Waals surface area contributed by atoms with Crippen LogP contribution in [0.1, 0.15) is 31.7 Å². The average molecular weight is 294 g/mol. The van der Waals surface area contributed by atoms with Crippen molar-refractivity contribution in [2.75, 3.05) is 6.61 Å². The second kappa shape index (κ2) is 9.52. The number of benzene rings is 1. The van der Waals surface area contributed by atoms with Gasteiger partial charge in [-0.3, -0.25) is 9.59 Å². The minimum atomic E-state index is -1.02. The molecule has 21 heavy (non-hydrogen) atoms. The summed E-state index contributed by atoms with van der Waals surface area (Å²) in [5.74, 6) is -1.12. The van der Waals surface area contributed by atoms with E-state index >= 15 is 0 Å². The molecule has 114 valence electrons. The van der Waals surface area contributed by atoms with Crippen LogP contribution < -0.4 is 0 Å². The monoisotopic (exact) mass is 294 g/mol. The summed E-state index contributed by atoms with van der Waals surface area (Å²) in [4.78, 5) is 33.5. The molecular formula is C15H18O6. The lowest BCUT2D eigenvalue weighted by Crippen LogP contribution is -2.14. The highest BCUT2D eigenvalue weighted by molar-refractivity contribution is 5.82. The summed E-state index contributed by atoms with van der Waals surface area (Å²) in [7, 11) is 0. The van der Waals surface area contributed by atoms with Crippen molar-refractivity contribution in [2.24, 2.45) is 0 Å². The maximum Gasteiger partial charge on any atom is 0.516 e. The zero-order valence-electron chi connectivity index (χ0n) is 11.9. The molecule has 6 nitrogen and oxygen atoms in total. The van der Waals surface area contributed by atoms with Crippen molar-refractivity contribution in [3.05, 3.63) is 35.9 Å². The van der Waals surface area contributed by atoms with Crippen LogP contribution in [-0.4, -0.2) is 24.7 Å². The molecule has 0 radical (unpaired) electrons. The first-order chi connectivity index (χ1) is 10.1. The standard InChI is InChI=1S/C15H18O6/c1-2-19-15(18)21-14(17)10-6-9-13(16)20-11-12-7-4-3-5-8-12/h3-5,7-8H,2,6,9-11H2,1H3. The SMILES string of the molecule is CCOC(=O)OC(=O)CCCC(=O)OCc1ccccc1. The first-order valence-corrected chi connectivity index (χ1v) is 6.68. The molecule has 0 saturated heterocycles. The summed E-state index contributed by atoms with van der Waals surface area (Å²) in [6.45, 7) is 1.94. The van der Waals surface area contributed by atoms with Gasteiger partial charge in [-0.15, -0.1) is 0 Å². The van der Waals surface area contributed by atoms with E-state index in [1.165, 1.54) is 0 Å². The Morgan fingerprint density at radius 3 is 2.29 bits per heavy atom. The molecule has 1 aromatic carbocycles. The fourth-order valence-corrected chi connectivity index (χ4v) is 1.48. The van der Waals surface area contributed by atoms with Gasteiger partial charge >= 0.3 is 18.1 Å². The van der Waals surface area contributed by atoms with Crippen LogP contribution in [0, 0.1) is 0 Å². The molecule has 0 unspecified atom stereocenters. The summed E-state index contributed by atoms with van der Waals surface area (Å²) in [5, 5.41) is 0. The van der Waals surface area contributed by atoms with Crippen molar-refractivity contribution in [3.8, 4) is 0 Å². The zero-order valence-corrected chi connectivity index (χ0v) is 11.9. The van der Waals surface area contributed by atoms with Gasteiger partial charge in [-0.2, -0.15) is 0 Å². The number of carbonyl (C=O) groups excluding carboxylic acids is 3. The van der Waals surface area contributed by atoms with Gasteiger partial charge < -0.3 is 14.2 Å². The molecular weight excluding hydrogens is 276 g/mol. The smallest absolute Gasteiger partial charge is 0.461 e. The first-order valence-electron chi connectivity index (χ1n) is 6.68. The van der Waals surface area contributed by atoms with Crippen LogP contribution in [0.25, 0.3) is 0 Å². The quantitative estimate of drug-likeness (QED) is 0.568. The van der Waals surface area contributed by atoms with E-state index in [1.807, 2.05) is 30.3 Å². The maximum atomic E-state index is 11.5. The molecule has 0 aliphatic heterocycles. The molecule has 0 aliphatic carbocycles. The minimum Gasteiger partial charge on any atom is -0.461 e. The van der Waals surface area contributed by atoms with Crippen LogP contribution >= 0.6 is 0 Å². The van der Waals surface area contributed by atoms with Crippen LogP contribution in [0.2, 0.25) is 0 Å². The van der Waals surface area contributed by atoms with Crippen LogP contribution in [-0.2, 0) is 30.4 Å². The highest BCUT2D eigenvalue weighted by atomic mass is 16.7. The van der Waals surface area contributed by atoms with Crippen LogP contribution in [0.3, 0.4) is 0 Å². The Morgan fingerprint density at radius 1 is 0.952 bits per heavy atom. The molecule has 0 N–H and O–H groups in total. The van der Waals surface area contributed by atoms with Crippen molar-refractivity contribution in [1.29, 1.82) is 0 Å². The molecule has 0 heterocycles. The molecule has 6 heteroatoms. The van der Waals surface area contributed by atoms with Crippen molar-refractivity contribution >= 4 is 18.1 Å². The minimum absolute atomic E-state index is 0.0424. The average Bonchev–Trinajstić information content (AvgIpc) is 2.46. The van der Waals surface area contributed by atoms with Gasteiger partial charge in [-0.1, -0.05) is 30.3 Å². The van der Waals surface area contributed by atoms with Crippen LogP contribution in [0.15, 0.2) is 30.3 Å². The molecule has 0 aromatic heterocycles. The summed E-state index contributed by atoms with van der Waals surface area (Å²) in [5.41, 5.74) is 0.896. The maximum absolute atomic E-state index is 11.5. The fourth-order valence-electron chi connectivity index (χ4n) is 1.48. The predicted molar refractivity (Wildman–Crippen MR) is 73.2 cm³/mol. The zero-order chi connectivity index (χ0) is 15.5. The molecule has 1 rings (SSSR count). The Morgan fingerprint density at radius 2 is 1.62 bits per heavy atom. The molecule has 0 atom stereocenters. The number of esters is 2. The van der Waals surface area contributed by atoms with Gasteiger partial charge in [0.1, 0.15) is 6.61 Å². The number of rotatable bonds is 7. The van der Waals surface area contributed by atoms with Gasteiger partial charge in [0.05, 0.1) is 6.61 Å². The van der Waals surface area contributed by atoms with Crippen LogP contribution in [0.4, 0.5) is 4.79 Å². The molecule has 0 fully saturated rings. The van der Waals surface area contributed by atoms with E-state index in [0.717, 1.165) is 5.56 Å².